The van der Waals surface area contributed by atoms with Gasteiger partial charge in [0.05, 0.1) is 7.11 Å². The summed E-state index contributed by atoms with van der Waals surface area (Å²) in [5, 5.41) is 0. The molecule has 2 nitrogen and oxygen atoms in total. The minimum absolute atomic E-state index is 0.141. The molecule has 0 spiro atoms. The van der Waals surface area contributed by atoms with Gasteiger partial charge in [-0.2, -0.15) is 0 Å². The molecule has 0 amide bonds. The van der Waals surface area contributed by atoms with Crippen LogP contribution in [0.5, 0.6) is 0 Å². The van der Waals surface area contributed by atoms with E-state index in [4.69, 9.17) is 0 Å². The summed E-state index contributed by atoms with van der Waals surface area (Å²) in [4.78, 5) is 10.9. The second kappa shape index (κ2) is 5.97. The Bertz CT molecular complexity index is 422. The van der Waals surface area contributed by atoms with Crippen LogP contribution in [0.1, 0.15) is 37.3 Å². The van der Waals surface area contributed by atoms with E-state index in [0.29, 0.717) is 5.92 Å². The molecule has 0 saturated heterocycles. The highest BCUT2D eigenvalue weighted by Gasteiger charge is 1.98. The van der Waals surface area contributed by atoms with Gasteiger partial charge in [-0.05, 0) is 23.6 Å². The average Bonchev–Trinajstić information content (AvgIpc) is 2.29. The summed E-state index contributed by atoms with van der Waals surface area (Å²) >= 11 is 0. The van der Waals surface area contributed by atoms with E-state index in [1.807, 2.05) is 12.1 Å². The van der Waals surface area contributed by atoms with Crippen LogP contribution in [-0.4, -0.2) is 13.1 Å². The number of benzene rings is 1. The summed E-state index contributed by atoms with van der Waals surface area (Å²) in [6.07, 6.45) is 0.141. The number of carbonyl (C=O) groups is 1. The Morgan fingerprint density at radius 2 is 2.19 bits per heavy atom. The summed E-state index contributed by atoms with van der Waals surface area (Å²) in [7, 11) is 1.36. The molecule has 0 radical (unpaired) electrons. The first kappa shape index (κ1) is 12.3. The van der Waals surface area contributed by atoms with Gasteiger partial charge < -0.3 is 4.74 Å². The SMILES string of the molecule is COC(=O)CC#Cc1cccc(C(C)C)c1. The van der Waals surface area contributed by atoms with Crippen LogP contribution >= 0.6 is 0 Å². The number of ether oxygens (including phenoxy) is 1. The summed E-state index contributed by atoms with van der Waals surface area (Å²) in [5.74, 6) is 5.94. The molecular formula is C14H16O2. The van der Waals surface area contributed by atoms with Crippen molar-refractivity contribution in [1.82, 2.24) is 0 Å². The van der Waals surface area contributed by atoms with Gasteiger partial charge in [-0.3, -0.25) is 4.79 Å². The highest BCUT2D eigenvalue weighted by molar-refractivity contribution is 5.72. The van der Waals surface area contributed by atoms with Gasteiger partial charge in [0.1, 0.15) is 6.42 Å². The molecule has 0 aliphatic carbocycles. The molecule has 0 aromatic heterocycles. The van der Waals surface area contributed by atoms with Crippen molar-refractivity contribution in [2.45, 2.75) is 26.2 Å². The minimum Gasteiger partial charge on any atom is -0.468 e. The lowest BCUT2D eigenvalue weighted by molar-refractivity contribution is -0.139. The van der Waals surface area contributed by atoms with Crippen LogP contribution in [0, 0.1) is 11.8 Å². The number of hydrogen-bond donors (Lipinski definition) is 0. The van der Waals surface area contributed by atoms with Crippen molar-refractivity contribution >= 4 is 5.97 Å². The Morgan fingerprint density at radius 1 is 1.44 bits per heavy atom. The fourth-order valence-electron chi connectivity index (χ4n) is 1.27. The molecule has 0 bridgehead atoms. The zero-order chi connectivity index (χ0) is 12.0. The van der Waals surface area contributed by atoms with Crippen molar-refractivity contribution in [2.75, 3.05) is 7.11 Å². The molecule has 0 aliphatic heterocycles. The molecule has 0 heterocycles. The number of hydrogen-bond acceptors (Lipinski definition) is 2. The monoisotopic (exact) mass is 216 g/mol. The van der Waals surface area contributed by atoms with E-state index >= 15 is 0 Å². The Balaban J connectivity index is 2.73. The van der Waals surface area contributed by atoms with Crippen LogP contribution in [0.15, 0.2) is 24.3 Å². The molecular weight excluding hydrogens is 200 g/mol. The van der Waals surface area contributed by atoms with Gasteiger partial charge in [0.25, 0.3) is 0 Å². The summed E-state index contributed by atoms with van der Waals surface area (Å²) in [6, 6.07) is 8.05. The number of esters is 1. The first-order valence-electron chi connectivity index (χ1n) is 5.29. The van der Waals surface area contributed by atoms with Gasteiger partial charge in [0, 0.05) is 5.56 Å². The van der Waals surface area contributed by atoms with E-state index in [-0.39, 0.29) is 12.4 Å². The van der Waals surface area contributed by atoms with Crippen LogP contribution in [0.2, 0.25) is 0 Å². The fourth-order valence-corrected chi connectivity index (χ4v) is 1.27. The number of rotatable bonds is 2. The van der Waals surface area contributed by atoms with Gasteiger partial charge in [-0.25, -0.2) is 0 Å². The highest BCUT2D eigenvalue weighted by Crippen LogP contribution is 2.14. The molecule has 0 N–H and O–H groups in total. The third-order valence-corrected chi connectivity index (χ3v) is 2.25. The van der Waals surface area contributed by atoms with Gasteiger partial charge >= 0.3 is 5.97 Å². The fraction of sp³-hybridized carbons (Fsp3) is 0.357. The summed E-state index contributed by atoms with van der Waals surface area (Å²) in [6.45, 7) is 4.28. The third-order valence-electron chi connectivity index (χ3n) is 2.25. The maximum absolute atomic E-state index is 10.9. The molecule has 84 valence electrons. The van der Waals surface area contributed by atoms with E-state index < -0.39 is 0 Å². The summed E-state index contributed by atoms with van der Waals surface area (Å²) < 4.78 is 4.51. The largest absolute Gasteiger partial charge is 0.468 e. The predicted octanol–water partition coefficient (Wildman–Crippen LogP) is 2.72. The van der Waals surface area contributed by atoms with Crippen molar-refractivity contribution in [1.29, 1.82) is 0 Å². The normalized spacial score (nSPS) is 9.50. The second-order valence-corrected chi connectivity index (χ2v) is 3.83. The quantitative estimate of drug-likeness (QED) is 0.561. The number of carbonyl (C=O) groups excluding carboxylic acids is 1. The Kier molecular flexibility index (Phi) is 4.60. The van der Waals surface area contributed by atoms with E-state index in [1.165, 1.54) is 12.7 Å². The molecule has 0 aliphatic rings. The molecule has 0 atom stereocenters. The Labute approximate surface area is 96.6 Å². The van der Waals surface area contributed by atoms with Gasteiger partial charge in [0.2, 0.25) is 0 Å². The molecule has 0 fully saturated rings. The molecule has 0 saturated carbocycles. The summed E-state index contributed by atoms with van der Waals surface area (Å²) in [5.41, 5.74) is 2.19. The lowest BCUT2D eigenvalue weighted by Crippen LogP contribution is -1.97. The van der Waals surface area contributed by atoms with Gasteiger partial charge in [0.15, 0.2) is 0 Å². The van der Waals surface area contributed by atoms with Gasteiger partial charge in [-0.1, -0.05) is 37.8 Å². The standard InChI is InChI=1S/C14H16O2/c1-11(2)13-8-4-6-12(10-13)7-5-9-14(15)16-3/h4,6,8,10-11H,9H2,1-3H3. The Hall–Kier alpha value is -1.75. The Morgan fingerprint density at radius 3 is 2.81 bits per heavy atom. The molecule has 16 heavy (non-hydrogen) atoms. The van der Waals surface area contributed by atoms with Crippen molar-refractivity contribution in [2.24, 2.45) is 0 Å². The minimum atomic E-state index is -0.299. The maximum Gasteiger partial charge on any atom is 0.317 e. The van der Waals surface area contributed by atoms with E-state index in [2.05, 4.69) is 42.6 Å². The smallest absolute Gasteiger partial charge is 0.317 e. The predicted molar refractivity (Wildman–Crippen MR) is 64.0 cm³/mol. The molecule has 0 unspecified atom stereocenters. The molecule has 1 rings (SSSR count). The van der Waals surface area contributed by atoms with E-state index in [9.17, 15) is 4.79 Å². The van der Waals surface area contributed by atoms with Crippen molar-refractivity contribution in [3.05, 3.63) is 35.4 Å². The lowest BCUT2D eigenvalue weighted by Gasteiger charge is -2.04. The van der Waals surface area contributed by atoms with Crippen molar-refractivity contribution in [3.63, 3.8) is 0 Å². The molecule has 2 heteroatoms. The zero-order valence-electron chi connectivity index (χ0n) is 9.91. The van der Waals surface area contributed by atoms with Crippen LogP contribution < -0.4 is 0 Å². The van der Waals surface area contributed by atoms with Gasteiger partial charge in [-0.15, -0.1) is 0 Å². The lowest BCUT2D eigenvalue weighted by atomic mass is 10.0. The number of methoxy groups -OCH3 is 1. The maximum atomic E-state index is 10.9. The second-order valence-electron chi connectivity index (χ2n) is 3.83. The third kappa shape index (κ3) is 3.78. The van der Waals surface area contributed by atoms with Crippen molar-refractivity contribution in [3.8, 4) is 11.8 Å². The first-order valence-corrected chi connectivity index (χ1v) is 5.29. The topological polar surface area (TPSA) is 26.3 Å². The van der Waals surface area contributed by atoms with Crippen LogP contribution in [-0.2, 0) is 9.53 Å². The first-order chi connectivity index (χ1) is 7.63. The molecule has 1 aromatic carbocycles. The average molecular weight is 216 g/mol. The highest BCUT2D eigenvalue weighted by atomic mass is 16.5. The van der Waals surface area contributed by atoms with E-state index in [0.717, 1.165) is 5.56 Å². The van der Waals surface area contributed by atoms with Crippen molar-refractivity contribution < 1.29 is 9.53 Å². The molecule has 1 aromatic rings. The van der Waals surface area contributed by atoms with E-state index in [1.54, 1.807) is 0 Å². The van der Waals surface area contributed by atoms with Crippen LogP contribution in [0.3, 0.4) is 0 Å². The zero-order valence-corrected chi connectivity index (χ0v) is 9.91. The van der Waals surface area contributed by atoms with Crippen LogP contribution in [0.4, 0.5) is 0 Å². The van der Waals surface area contributed by atoms with Crippen LogP contribution in [0.25, 0.3) is 0 Å².